The van der Waals surface area contributed by atoms with Crippen LogP contribution < -0.4 is 0 Å². The van der Waals surface area contributed by atoms with Gasteiger partial charge in [0.05, 0.1) is 0 Å². The van der Waals surface area contributed by atoms with E-state index >= 15 is 0 Å². The van der Waals surface area contributed by atoms with Crippen LogP contribution in [-0.4, -0.2) is 29.6 Å². The minimum Gasteiger partial charge on any atom is -0.478 e. The molecule has 1 rings (SSSR count). The normalized spacial score (nSPS) is 26.8. The smallest absolute Gasteiger partial charge is 0.328 e. The number of ether oxygens (including phenoxy) is 1. The van der Waals surface area contributed by atoms with E-state index in [1.807, 2.05) is 26.8 Å². The fraction of sp³-hybridized carbons (Fsp3) is 0.500. The molecule has 0 aliphatic heterocycles. The van der Waals surface area contributed by atoms with E-state index in [0.717, 1.165) is 11.6 Å². The van der Waals surface area contributed by atoms with Crippen LogP contribution >= 0.6 is 0 Å². The molecule has 4 nitrogen and oxygen atoms in total. The highest BCUT2D eigenvalue weighted by molar-refractivity contribution is 5.92. The van der Waals surface area contributed by atoms with E-state index < -0.39 is 17.0 Å². The Bertz CT molecular complexity index is 509. The number of hydrogen-bond donors (Lipinski definition) is 1. The molecule has 0 saturated heterocycles. The maximum atomic E-state index is 11.7. The van der Waals surface area contributed by atoms with Crippen LogP contribution in [0.15, 0.2) is 35.5 Å². The second-order valence-corrected chi connectivity index (χ2v) is 5.85. The second kappa shape index (κ2) is 5.75. The molecule has 0 unspecified atom stereocenters. The molecule has 0 heterocycles. The molecule has 0 aromatic rings. The standard InChI is InChI=1S/C16H22O4/c1-11(8-14(18)19)6-7-16(20-5)12(2)9-13(17)10-15(16,3)4/h6-9H,10H2,1-5H3,(H,18,19)/b7-6+,11-8-/t16-/m0/s1. The molecule has 0 amide bonds. The average molecular weight is 278 g/mol. The summed E-state index contributed by atoms with van der Waals surface area (Å²) in [6, 6.07) is 0. The van der Waals surface area contributed by atoms with E-state index in [1.165, 1.54) is 0 Å². The lowest BCUT2D eigenvalue weighted by molar-refractivity contribution is -0.131. The van der Waals surface area contributed by atoms with Crippen molar-refractivity contribution in [1.29, 1.82) is 0 Å². The largest absolute Gasteiger partial charge is 0.478 e. The molecule has 0 fully saturated rings. The zero-order chi connectivity index (χ0) is 15.6. The van der Waals surface area contributed by atoms with Crippen LogP contribution in [0.2, 0.25) is 0 Å². The van der Waals surface area contributed by atoms with E-state index in [1.54, 1.807) is 26.2 Å². The monoisotopic (exact) mass is 278 g/mol. The third kappa shape index (κ3) is 3.07. The van der Waals surface area contributed by atoms with E-state index in [4.69, 9.17) is 9.84 Å². The fourth-order valence-corrected chi connectivity index (χ4v) is 2.85. The first-order valence-corrected chi connectivity index (χ1v) is 6.52. The number of rotatable bonds is 4. The number of carboxylic acid groups (broad SMARTS) is 1. The van der Waals surface area contributed by atoms with Crippen LogP contribution in [0, 0.1) is 5.41 Å². The molecule has 0 aromatic heterocycles. The van der Waals surface area contributed by atoms with Gasteiger partial charge in [-0.15, -0.1) is 0 Å². The summed E-state index contributed by atoms with van der Waals surface area (Å²) in [7, 11) is 1.61. The molecule has 1 atom stereocenters. The van der Waals surface area contributed by atoms with Crippen molar-refractivity contribution < 1.29 is 19.4 Å². The summed E-state index contributed by atoms with van der Waals surface area (Å²) in [5, 5.41) is 8.73. The zero-order valence-corrected chi connectivity index (χ0v) is 12.7. The van der Waals surface area contributed by atoms with Crippen molar-refractivity contribution in [3.05, 3.63) is 35.5 Å². The molecule has 110 valence electrons. The van der Waals surface area contributed by atoms with Crippen molar-refractivity contribution in [2.24, 2.45) is 5.41 Å². The first kappa shape index (κ1) is 16.4. The maximum absolute atomic E-state index is 11.7. The molecule has 0 saturated carbocycles. The van der Waals surface area contributed by atoms with Gasteiger partial charge in [0.2, 0.25) is 0 Å². The lowest BCUT2D eigenvalue weighted by Gasteiger charge is -2.46. The summed E-state index contributed by atoms with van der Waals surface area (Å²) in [6.07, 6.45) is 6.71. The van der Waals surface area contributed by atoms with Gasteiger partial charge in [-0.05, 0) is 37.1 Å². The number of carbonyl (C=O) groups excluding carboxylic acids is 1. The highest BCUT2D eigenvalue weighted by Gasteiger charge is 2.48. The van der Waals surface area contributed by atoms with Gasteiger partial charge >= 0.3 is 5.97 Å². The molecular weight excluding hydrogens is 256 g/mol. The molecule has 0 bridgehead atoms. The SMILES string of the molecule is CO[C@@]1(/C=C/C(C)=C\C(=O)O)C(C)=CC(=O)CC1(C)C. The van der Waals surface area contributed by atoms with Crippen LogP contribution in [0.25, 0.3) is 0 Å². The fourth-order valence-electron chi connectivity index (χ4n) is 2.85. The quantitative estimate of drug-likeness (QED) is 0.634. The molecule has 1 N–H and O–H groups in total. The molecular formula is C16H22O4. The highest BCUT2D eigenvalue weighted by Crippen LogP contribution is 2.46. The number of ketones is 1. The molecule has 0 aromatic carbocycles. The highest BCUT2D eigenvalue weighted by atomic mass is 16.5. The van der Waals surface area contributed by atoms with E-state index in [-0.39, 0.29) is 5.78 Å². The number of carboxylic acids is 1. The van der Waals surface area contributed by atoms with Gasteiger partial charge in [-0.3, -0.25) is 4.79 Å². The van der Waals surface area contributed by atoms with Crippen molar-refractivity contribution in [3.63, 3.8) is 0 Å². The maximum Gasteiger partial charge on any atom is 0.328 e. The summed E-state index contributed by atoms with van der Waals surface area (Å²) in [5.74, 6) is -0.893. The number of allylic oxidation sites excluding steroid dienone is 3. The van der Waals surface area contributed by atoms with Gasteiger partial charge in [0.1, 0.15) is 5.60 Å². The van der Waals surface area contributed by atoms with Gasteiger partial charge in [-0.2, -0.15) is 0 Å². The van der Waals surface area contributed by atoms with E-state index in [9.17, 15) is 9.59 Å². The zero-order valence-electron chi connectivity index (χ0n) is 12.7. The Morgan fingerprint density at radius 3 is 2.50 bits per heavy atom. The minimum atomic E-state index is -0.982. The molecule has 1 aliphatic carbocycles. The average Bonchev–Trinajstić information content (AvgIpc) is 2.26. The number of hydrogen-bond acceptors (Lipinski definition) is 3. The lowest BCUT2D eigenvalue weighted by Crippen LogP contribution is -2.49. The summed E-state index contributed by atoms with van der Waals surface area (Å²) in [6.45, 7) is 7.54. The summed E-state index contributed by atoms with van der Waals surface area (Å²) < 4.78 is 5.73. The van der Waals surface area contributed by atoms with Crippen LogP contribution in [-0.2, 0) is 14.3 Å². The molecule has 4 heteroatoms. The van der Waals surface area contributed by atoms with Gasteiger partial charge in [-0.1, -0.05) is 19.9 Å². The Kier molecular flexibility index (Phi) is 4.71. The van der Waals surface area contributed by atoms with Crippen molar-refractivity contribution in [3.8, 4) is 0 Å². The minimum absolute atomic E-state index is 0.0892. The van der Waals surface area contributed by atoms with Crippen molar-refractivity contribution >= 4 is 11.8 Å². The van der Waals surface area contributed by atoms with Gasteiger partial charge in [0.15, 0.2) is 5.78 Å². The summed E-state index contributed by atoms with van der Waals surface area (Å²) >= 11 is 0. The molecule has 1 aliphatic rings. The molecule has 0 spiro atoms. The van der Waals surface area contributed by atoms with Crippen LogP contribution in [0.1, 0.15) is 34.1 Å². The number of aliphatic carboxylic acids is 1. The van der Waals surface area contributed by atoms with E-state index in [2.05, 4.69) is 0 Å². The summed E-state index contributed by atoms with van der Waals surface area (Å²) in [5.41, 5.74) is 0.363. The van der Waals surface area contributed by atoms with Crippen LogP contribution in [0.3, 0.4) is 0 Å². The van der Waals surface area contributed by atoms with Crippen LogP contribution in [0.5, 0.6) is 0 Å². The number of carbonyl (C=O) groups is 2. The van der Waals surface area contributed by atoms with E-state index in [0.29, 0.717) is 12.0 Å². The van der Waals surface area contributed by atoms with Gasteiger partial charge < -0.3 is 9.84 Å². The second-order valence-electron chi connectivity index (χ2n) is 5.85. The third-order valence-corrected chi connectivity index (χ3v) is 3.84. The molecule has 0 radical (unpaired) electrons. The van der Waals surface area contributed by atoms with Crippen LogP contribution in [0.4, 0.5) is 0 Å². The molecule has 20 heavy (non-hydrogen) atoms. The third-order valence-electron chi connectivity index (χ3n) is 3.84. The lowest BCUT2D eigenvalue weighted by atomic mass is 9.64. The van der Waals surface area contributed by atoms with Gasteiger partial charge in [-0.25, -0.2) is 4.79 Å². The van der Waals surface area contributed by atoms with Gasteiger partial charge in [0, 0.05) is 25.0 Å². The van der Waals surface area contributed by atoms with Crippen molar-refractivity contribution in [2.45, 2.75) is 39.7 Å². The Balaban J connectivity index is 3.26. The van der Waals surface area contributed by atoms with Gasteiger partial charge in [0.25, 0.3) is 0 Å². The number of methoxy groups -OCH3 is 1. The predicted molar refractivity (Wildman–Crippen MR) is 77.4 cm³/mol. The van der Waals surface area contributed by atoms with Crippen molar-refractivity contribution in [2.75, 3.05) is 7.11 Å². The Labute approximate surface area is 119 Å². The Morgan fingerprint density at radius 1 is 1.45 bits per heavy atom. The topological polar surface area (TPSA) is 63.6 Å². The van der Waals surface area contributed by atoms with Crippen molar-refractivity contribution in [1.82, 2.24) is 0 Å². The summed E-state index contributed by atoms with van der Waals surface area (Å²) in [4.78, 5) is 22.4. The first-order chi connectivity index (χ1) is 9.14. The Morgan fingerprint density at radius 2 is 2.05 bits per heavy atom. The first-order valence-electron chi connectivity index (χ1n) is 6.52. The predicted octanol–water partition coefficient (Wildman–Crippen LogP) is 2.90. The Hall–Kier alpha value is -1.68.